The van der Waals surface area contributed by atoms with Crippen LogP contribution in [0.4, 0.5) is 22.0 Å². The summed E-state index contributed by atoms with van der Waals surface area (Å²) in [5.41, 5.74) is -0.647. The van der Waals surface area contributed by atoms with Gasteiger partial charge in [-0.15, -0.1) is 0 Å². The Morgan fingerprint density at radius 3 is 2.48 bits per heavy atom. The van der Waals surface area contributed by atoms with Crippen molar-refractivity contribution in [1.82, 2.24) is 14.5 Å². The van der Waals surface area contributed by atoms with Gasteiger partial charge in [0, 0.05) is 25.2 Å². The number of hydrogen-bond donors (Lipinski definition) is 0. The minimum Gasteiger partial charge on any atom is -0.324 e. The number of likely N-dealkylation sites (N-methyl/N-ethyl adjacent to an activating group) is 1. The number of fused-ring (bicyclic) bond motifs is 1. The third kappa shape index (κ3) is 2.83. The van der Waals surface area contributed by atoms with Gasteiger partial charge in [0.1, 0.15) is 0 Å². The van der Waals surface area contributed by atoms with E-state index in [-0.39, 0.29) is 24.3 Å². The van der Waals surface area contributed by atoms with Crippen molar-refractivity contribution in [2.75, 3.05) is 13.6 Å². The van der Waals surface area contributed by atoms with Gasteiger partial charge in [0.15, 0.2) is 5.82 Å². The molecule has 2 aromatic rings. The van der Waals surface area contributed by atoms with Gasteiger partial charge in [-0.05, 0) is 13.1 Å². The van der Waals surface area contributed by atoms with E-state index in [1.54, 1.807) is 7.05 Å². The van der Waals surface area contributed by atoms with E-state index < -0.39 is 24.0 Å². The number of imidazole rings is 1. The second-order valence-electron chi connectivity index (χ2n) is 5.50. The monoisotopic (exact) mass is 331 g/mol. The Labute approximate surface area is 129 Å². The van der Waals surface area contributed by atoms with Crippen LogP contribution in [-0.2, 0) is 19.3 Å². The summed E-state index contributed by atoms with van der Waals surface area (Å²) >= 11 is 0. The predicted octanol–water partition coefficient (Wildman–Crippen LogP) is 3.95. The fourth-order valence-corrected chi connectivity index (χ4v) is 2.84. The number of rotatable bonds is 2. The number of benzene rings is 1. The number of nitrogens with zero attached hydrogens (tertiary/aromatic N) is 3. The standard InChI is InChI=1S/C15H14F5N3/c1-22-6-7-23-11(8-22)12(21-14(23)13(16)17)9-4-2-3-5-10(9)15(18,19)20/h2-5,13H,6-8H2,1H3. The zero-order chi connectivity index (χ0) is 16.8. The first-order valence-corrected chi connectivity index (χ1v) is 7.01. The molecule has 1 aliphatic rings. The van der Waals surface area contributed by atoms with Gasteiger partial charge in [-0.1, -0.05) is 18.2 Å². The summed E-state index contributed by atoms with van der Waals surface area (Å²) in [5.74, 6) is -0.472. The molecule has 0 radical (unpaired) electrons. The van der Waals surface area contributed by atoms with Gasteiger partial charge >= 0.3 is 6.18 Å². The molecule has 0 fully saturated rings. The highest BCUT2D eigenvalue weighted by Gasteiger charge is 2.36. The molecule has 0 unspecified atom stereocenters. The van der Waals surface area contributed by atoms with Gasteiger partial charge in [0.2, 0.25) is 0 Å². The number of hydrogen-bond acceptors (Lipinski definition) is 2. The molecule has 0 spiro atoms. The van der Waals surface area contributed by atoms with Crippen LogP contribution in [0.5, 0.6) is 0 Å². The summed E-state index contributed by atoms with van der Waals surface area (Å²) in [7, 11) is 1.79. The minimum atomic E-state index is -4.57. The molecule has 2 heterocycles. The van der Waals surface area contributed by atoms with Crippen molar-refractivity contribution >= 4 is 0 Å². The number of halogens is 5. The molecule has 3 rings (SSSR count). The van der Waals surface area contributed by atoms with Gasteiger partial charge < -0.3 is 4.57 Å². The molecule has 0 N–H and O–H groups in total. The molecule has 0 amide bonds. The topological polar surface area (TPSA) is 21.1 Å². The average Bonchev–Trinajstić information content (AvgIpc) is 2.85. The first-order valence-electron chi connectivity index (χ1n) is 7.01. The lowest BCUT2D eigenvalue weighted by atomic mass is 10.0. The van der Waals surface area contributed by atoms with E-state index in [0.29, 0.717) is 12.2 Å². The summed E-state index contributed by atoms with van der Waals surface area (Å²) in [6.07, 6.45) is -7.40. The highest BCUT2D eigenvalue weighted by atomic mass is 19.4. The average molecular weight is 331 g/mol. The van der Waals surface area contributed by atoms with Crippen LogP contribution >= 0.6 is 0 Å². The number of aromatic nitrogens is 2. The van der Waals surface area contributed by atoms with Crippen LogP contribution in [0.25, 0.3) is 11.3 Å². The lowest BCUT2D eigenvalue weighted by Gasteiger charge is -2.26. The fourth-order valence-electron chi connectivity index (χ4n) is 2.84. The van der Waals surface area contributed by atoms with Gasteiger partial charge in [-0.3, -0.25) is 4.90 Å². The maximum absolute atomic E-state index is 13.2. The highest BCUT2D eigenvalue weighted by molar-refractivity contribution is 5.67. The Kier molecular flexibility index (Phi) is 3.87. The Morgan fingerprint density at radius 2 is 1.83 bits per heavy atom. The van der Waals surface area contributed by atoms with Gasteiger partial charge in [0.25, 0.3) is 6.43 Å². The van der Waals surface area contributed by atoms with E-state index in [9.17, 15) is 22.0 Å². The third-order valence-corrected chi connectivity index (χ3v) is 3.91. The van der Waals surface area contributed by atoms with Gasteiger partial charge in [0.05, 0.1) is 17.0 Å². The minimum absolute atomic E-state index is 0.0141. The van der Waals surface area contributed by atoms with Crippen LogP contribution in [-0.4, -0.2) is 28.0 Å². The van der Waals surface area contributed by atoms with Crippen LogP contribution in [0, 0.1) is 0 Å². The van der Waals surface area contributed by atoms with Crippen LogP contribution in [0.3, 0.4) is 0 Å². The smallest absolute Gasteiger partial charge is 0.324 e. The molecule has 0 aliphatic carbocycles. The Morgan fingerprint density at radius 1 is 1.13 bits per heavy atom. The summed E-state index contributed by atoms with van der Waals surface area (Å²) in [6.45, 7) is 1.11. The maximum atomic E-state index is 13.2. The first-order chi connectivity index (χ1) is 10.8. The predicted molar refractivity (Wildman–Crippen MR) is 74.0 cm³/mol. The van der Waals surface area contributed by atoms with Crippen LogP contribution in [0.15, 0.2) is 24.3 Å². The van der Waals surface area contributed by atoms with Crippen LogP contribution < -0.4 is 0 Å². The molecule has 1 aromatic carbocycles. The Hall–Kier alpha value is -1.96. The second kappa shape index (κ2) is 5.59. The van der Waals surface area contributed by atoms with Crippen LogP contribution in [0.1, 0.15) is 23.5 Å². The molecule has 0 saturated heterocycles. The van der Waals surface area contributed by atoms with E-state index in [1.807, 2.05) is 4.90 Å². The van der Waals surface area contributed by atoms with E-state index in [4.69, 9.17) is 0 Å². The molecule has 8 heteroatoms. The zero-order valence-electron chi connectivity index (χ0n) is 12.2. The highest BCUT2D eigenvalue weighted by Crippen LogP contribution is 2.39. The molecular formula is C15H14F5N3. The van der Waals surface area contributed by atoms with Crippen molar-refractivity contribution in [1.29, 1.82) is 0 Å². The van der Waals surface area contributed by atoms with Crippen molar-refractivity contribution < 1.29 is 22.0 Å². The summed E-state index contributed by atoms with van der Waals surface area (Å²) < 4.78 is 67.4. The lowest BCUT2D eigenvalue weighted by Crippen LogP contribution is -2.31. The molecule has 124 valence electrons. The van der Waals surface area contributed by atoms with E-state index in [0.717, 1.165) is 6.07 Å². The molecule has 3 nitrogen and oxygen atoms in total. The van der Waals surface area contributed by atoms with Crippen molar-refractivity contribution in [3.63, 3.8) is 0 Å². The van der Waals surface area contributed by atoms with Crippen LogP contribution in [0.2, 0.25) is 0 Å². The van der Waals surface area contributed by atoms with Gasteiger partial charge in [-0.25, -0.2) is 13.8 Å². The quantitative estimate of drug-likeness (QED) is 0.777. The normalized spacial score (nSPS) is 16.0. The summed E-state index contributed by atoms with van der Waals surface area (Å²) in [4.78, 5) is 5.72. The molecular weight excluding hydrogens is 317 g/mol. The van der Waals surface area contributed by atoms with Crippen molar-refractivity contribution in [3.05, 3.63) is 41.3 Å². The molecule has 23 heavy (non-hydrogen) atoms. The molecule has 1 aromatic heterocycles. The zero-order valence-corrected chi connectivity index (χ0v) is 12.2. The van der Waals surface area contributed by atoms with Gasteiger partial charge in [-0.2, -0.15) is 13.2 Å². The van der Waals surface area contributed by atoms with E-state index >= 15 is 0 Å². The SMILES string of the molecule is CN1CCn2c(C(F)F)nc(-c3ccccc3C(F)(F)F)c2C1. The van der Waals surface area contributed by atoms with Crippen molar-refractivity contribution in [2.45, 2.75) is 25.7 Å². The molecule has 0 atom stereocenters. The molecule has 1 aliphatic heterocycles. The summed E-state index contributed by atoms with van der Waals surface area (Å²) in [6, 6.07) is 4.94. The van der Waals surface area contributed by atoms with Crippen molar-refractivity contribution in [3.8, 4) is 11.3 Å². The Bertz CT molecular complexity index is 720. The van der Waals surface area contributed by atoms with E-state index in [2.05, 4.69) is 4.98 Å². The molecule has 0 saturated carbocycles. The van der Waals surface area contributed by atoms with E-state index in [1.165, 1.54) is 22.8 Å². The third-order valence-electron chi connectivity index (χ3n) is 3.91. The maximum Gasteiger partial charge on any atom is 0.417 e. The summed E-state index contributed by atoms with van der Waals surface area (Å²) in [5, 5.41) is 0. The lowest BCUT2D eigenvalue weighted by molar-refractivity contribution is -0.137. The number of alkyl halides is 5. The Balaban J connectivity index is 2.22. The largest absolute Gasteiger partial charge is 0.417 e. The second-order valence-corrected chi connectivity index (χ2v) is 5.50. The first kappa shape index (κ1) is 15.9. The molecule has 0 bridgehead atoms. The van der Waals surface area contributed by atoms with Crippen molar-refractivity contribution in [2.24, 2.45) is 0 Å². The fraction of sp³-hybridized carbons (Fsp3) is 0.400.